The number of hydrogen-bond acceptors (Lipinski definition) is 1. The van der Waals surface area contributed by atoms with Gasteiger partial charge in [0.05, 0.1) is 0 Å². The van der Waals surface area contributed by atoms with E-state index in [1.54, 1.807) is 0 Å². The molecule has 0 N–H and O–H groups in total. The minimum Gasteiger partial charge on any atom is -0.359 e. The molecule has 0 bridgehead atoms. The molecule has 0 aromatic heterocycles. The Hall–Kier alpha value is -0.550. The molecule has 0 aliphatic rings. The van der Waals surface area contributed by atoms with Crippen molar-refractivity contribution in [1.82, 2.24) is 0 Å². The molecule has 0 aliphatic heterocycles. The van der Waals surface area contributed by atoms with Crippen molar-refractivity contribution in [2.75, 3.05) is 11.7 Å². The lowest BCUT2D eigenvalue weighted by atomic mass is 10.0. The zero-order valence-corrected chi connectivity index (χ0v) is 9.07. The average Bonchev–Trinajstić information content (AvgIpc) is 2.04. The van der Waals surface area contributed by atoms with Crippen LogP contribution in [0, 0.1) is 0 Å². The smallest absolute Gasteiger partial charge is 0.0392 e. The Morgan fingerprint density at radius 1 is 1.17 bits per heavy atom. The number of nitrogens with zero attached hydrogens (tertiary/aromatic N) is 1. The highest BCUT2D eigenvalue weighted by Gasteiger charge is 1.98. The Bertz CT molecular complexity index is 212. The van der Waals surface area contributed by atoms with Gasteiger partial charge in [-0.25, -0.2) is 0 Å². The van der Waals surface area contributed by atoms with E-state index in [9.17, 15) is 0 Å². The first kappa shape index (κ1) is 9.54. The topological polar surface area (TPSA) is 3.24 Å². The summed E-state index contributed by atoms with van der Waals surface area (Å²) in [5.74, 6) is 0.619. The van der Waals surface area contributed by atoms with Crippen LogP contribution in [0.5, 0.6) is 0 Å². The van der Waals surface area contributed by atoms with E-state index in [1.807, 2.05) is 11.7 Å². The molecule has 0 aliphatic carbocycles. The molecule has 0 spiro atoms. The molecule has 1 unspecified atom stereocenters. The van der Waals surface area contributed by atoms with Crippen molar-refractivity contribution in [3.05, 3.63) is 29.8 Å². The first-order valence-corrected chi connectivity index (χ1v) is 4.71. The van der Waals surface area contributed by atoms with E-state index in [-0.39, 0.29) is 0 Å². The first-order valence-electron chi connectivity index (χ1n) is 4.19. The number of benzene rings is 1. The molecule has 0 saturated carbocycles. The van der Waals surface area contributed by atoms with E-state index >= 15 is 0 Å². The third kappa shape index (κ3) is 2.22. The molecule has 1 aromatic rings. The van der Waals surface area contributed by atoms with Gasteiger partial charge in [0.2, 0.25) is 0 Å². The summed E-state index contributed by atoms with van der Waals surface area (Å²) in [6.07, 6.45) is 0. The normalized spacial score (nSPS) is 10.4. The fourth-order valence-corrected chi connectivity index (χ4v) is 1.27. The summed E-state index contributed by atoms with van der Waals surface area (Å²) >= 11 is 0. The van der Waals surface area contributed by atoms with Gasteiger partial charge in [-0.1, -0.05) is 26.0 Å². The number of hydrogen-bond donors (Lipinski definition) is 0. The van der Waals surface area contributed by atoms with Crippen LogP contribution in [0.1, 0.15) is 25.3 Å². The maximum atomic E-state index is 2.65. The fraction of sp³-hybridized carbons (Fsp3) is 0.400. The van der Waals surface area contributed by atoms with Crippen LogP contribution in [0.4, 0.5) is 5.69 Å². The lowest BCUT2D eigenvalue weighted by molar-refractivity contribution is 0.867. The van der Waals surface area contributed by atoms with Gasteiger partial charge in [-0.05, 0) is 33.0 Å². The standard InChI is InChI=1S/C10H16NP/c1-8(2)9-4-6-10(7-5-9)11(3)12/h4-8H,12H2,1-3H3. The Labute approximate surface area is 77.0 Å². The van der Waals surface area contributed by atoms with Gasteiger partial charge in [0.1, 0.15) is 0 Å². The zero-order valence-electron chi connectivity index (χ0n) is 7.91. The van der Waals surface area contributed by atoms with Crippen LogP contribution in [0.15, 0.2) is 24.3 Å². The second kappa shape index (κ2) is 3.91. The predicted molar refractivity (Wildman–Crippen MR) is 58.6 cm³/mol. The van der Waals surface area contributed by atoms with Gasteiger partial charge >= 0.3 is 0 Å². The molecule has 1 nitrogen and oxygen atoms in total. The molecule has 0 fully saturated rings. The third-order valence-electron chi connectivity index (χ3n) is 1.97. The fourth-order valence-electron chi connectivity index (χ4n) is 1.09. The van der Waals surface area contributed by atoms with Gasteiger partial charge in [0.15, 0.2) is 0 Å². The number of rotatable bonds is 2. The summed E-state index contributed by atoms with van der Waals surface area (Å²) < 4.78 is 2.03. The van der Waals surface area contributed by atoms with Crippen molar-refractivity contribution in [2.24, 2.45) is 0 Å². The van der Waals surface area contributed by atoms with Gasteiger partial charge < -0.3 is 4.67 Å². The SMILES string of the molecule is CC(C)c1ccc(N(C)P)cc1. The van der Waals surface area contributed by atoms with Gasteiger partial charge in [-0.2, -0.15) is 0 Å². The minimum atomic E-state index is 0.619. The molecule has 1 atom stereocenters. The molecule has 0 saturated heterocycles. The highest BCUT2D eigenvalue weighted by molar-refractivity contribution is 7.19. The Morgan fingerprint density at radius 2 is 1.67 bits per heavy atom. The summed E-state index contributed by atoms with van der Waals surface area (Å²) in [5.41, 5.74) is 2.62. The van der Waals surface area contributed by atoms with Gasteiger partial charge in [-0.3, -0.25) is 0 Å². The average molecular weight is 181 g/mol. The molecule has 66 valence electrons. The van der Waals surface area contributed by atoms with Crippen molar-refractivity contribution in [1.29, 1.82) is 0 Å². The maximum absolute atomic E-state index is 2.65. The van der Waals surface area contributed by atoms with Crippen LogP contribution in [-0.2, 0) is 0 Å². The molecule has 0 amide bonds. The molecule has 2 heteroatoms. The second-order valence-electron chi connectivity index (χ2n) is 3.36. The summed E-state index contributed by atoms with van der Waals surface area (Å²) in [4.78, 5) is 0. The monoisotopic (exact) mass is 181 g/mol. The Kier molecular flexibility index (Phi) is 3.11. The van der Waals surface area contributed by atoms with E-state index in [2.05, 4.69) is 47.5 Å². The summed E-state index contributed by atoms with van der Waals surface area (Å²) in [6, 6.07) is 8.64. The first-order chi connectivity index (χ1) is 5.61. The highest BCUT2D eigenvalue weighted by atomic mass is 31.0. The summed E-state index contributed by atoms with van der Waals surface area (Å²) in [7, 11) is 4.67. The van der Waals surface area contributed by atoms with E-state index in [0.717, 1.165) is 0 Å². The van der Waals surface area contributed by atoms with Gasteiger partial charge in [-0.15, -0.1) is 0 Å². The quantitative estimate of drug-likeness (QED) is 0.634. The van der Waals surface area contributed by atoms with E-state index < -0.39 is 0 Å². The maximum Gasteiger partial charge on any atom is 0.0392 e. The van der Waals surface area contributed by atoms with E-state index in [4.69, 9.17) is 0 Å². The van der Waals surface area contributed by atoms with Crippen molar-refractivity contribution < 1.29 is 0 Å². The van der Waals surface area contributed by atoms with Crippen molar-refractivity contribution in [3.63, 3.8) is 0 Å². The van der Waals surface area contributed by atoms with Crippen LogP contribution >= 0.6 is 9.39 Å². The number of anilines is 1. The lowest BCUT2D eigenvalue weighted by Gasteiger charge is -2.13. The molecular weight excluding hydrogens is 165 g/mol. The molecule has 0 radical (unpaired) electrons. The lowest BCUT2D eigenvalue weighted by Crippen LogP contribution is -1.99. The molecule has 1 rings (SSSR count). The molecule has 12 heavy (non-hydrogen) atoms. The van der Waals surface area contributed by atoms with E-state index in [0.29, 0.717) is 5.92 Å². The summed E-state index contributed by atoms with van der Waals surface area (Å²) in [5, 5.41) is 0. The van der Waals surface area contributed by atoms with Crippen LogP contribution in [0.3, 0.4) is 0 Å². The van der Waals surface area contributed by atoms with Gasteiger partial charge in [0.25, 0.3) is 0 Å². The van der Waals surface area contributed by atoms with Crippen molar-refractivity contribution >= 4 is 15.1 Å². The predicted octanol–water partition coefficient (Wildman–Crippen LogP) is 3.04. The van der Waals surface area contributed by atoms with Crippen LogP contribution < -0.4 is 4.67 Å². The minimum absolute atomic E-state index is 0.619. The van der Waals surface area contributed by atoms with Crippen LogP contribution in [0.25, 0.3) is 0 Å². The third-order valence-corrected chi connectivity index (χ3v) is 2.27. The molecule has 1 aromatic carbocycles. The zero-order chi connectivity index (χ0) is 9.14. The van der Waals surface area contributed by atoms with Gasteiger partial charge in [0, 0.05) is 12.7 Å². The van der Waals surface area contributed by atoms with Crippen LogP contribution in [-0.4, -0.2) is 7.05 Å². The van der Waals surface area contributed by atoms with E-state index in [1.165, 1.54) is 11.3 Å². The highest BCUT2D eigenvalue weighted by Crippen LogP contribution is 2.20. The molecular formula is C10H16NP. The largest absolute Gasteiger partial charge is 0.359 e. The molecule has 0 heterocycles. The summed E-state index contributed by atoms with van der Waals surface area (Å²) in [6.45, 7) is 4.42. The Balaban J connectivity index is 2.86. The van der Waals surface area contributed by atoms with Crippen molar-refractivity contribution in [3.8, 4) is 0 Å². The second-order valence-corrected chi connectivity index (χ2v) is 4.13. The van der Waals surface area contributed by atoms with Crippen molar-refractivity contribution in [2.45, 2.75) is 19.8 Å². The van der Waals surface area contributed by atoms with Crippen LogP contribution in [0.2, 0.25) is 0 Å². The Morgan fingerprint density at radius 3 is 2.00 bits per heavy atom.